The van der Waals surface area contributed by atoms with Crippen molar-refractivity contribution >= 4 is 27.3 Å². The van der Waals surface area contributed by atoms with Crippen molar-refractivity contribution in [3.63, 3.8) is 0 Å². The van der Waals surface area contributed by atoms with E-state index in [2.05, 4.69) is 0 Å². The van der Waals surface area contributed by atoms with Gasteiger partial charge in [0.25, 0.3) is 10.0 Å². The van der Waals surface area contributed by atoms with Crippen LogP contribution in [-0.4, -0.2) is 15.5 Å². The van der Waals surface area contributed by atoms with Gasteiger partial charge in [-0.3, -0.25) is 4.31 Å². The maximum absolute atomic E-state index is 12.9. The number of nitrogens with zero attached hydrogens (tertiary/aromatic N) is 1. The Morgan fingerprint density at radius 3 is 2.33 bits per heavy atom. The molecule has 0 radical (unpaired) electrons. The molecule has 0 aliphatic heterocycles. The van der Waals surface area contributed by atoms with Crippen molar-refractivity contribution in [3.05, 3.63) is 59.2 Å². The van der Waals surface area contributed by atoms with Crippen molar-refractivity contribution in [2.45, 2.75) is 24.6 Å². The molecule has 0 aromatic heterocycles. The molecule has 0 amide bonds. The highest BCUT2D eigenvalue weighted by Crippen LogP contribution is 2.28. The molecule has 0 bridgehead atoms. The summed E-state index contributed by atoms with van der Waals surface area (Å²) in [5.41, 5.74) is 3.12. The number of hydrogen-bond acceptors (Lipinski definition) is 2. The lowest BCUT2D eigenvalue weighted by Crippen LogP contribution is -2.28. The average Bonchev–Trinajstić information content (AvgIpc) is 2.47. The van der Waals surface area contributed by atoms with E-state index in [-0.39, 0.29) is 0 Å². The number of halogens is 1. The molecule has 0 N–H and O–H groups in total. The molecule has 0 heterocycles. The molecular weight excluding hydrogens is 306 g/mol. The van der Waals surface area contributed by atoms with Gasteiger partial charge in [-0.25, -0.2) is 8.42 Å². The van der Waals surface area contributed by atoms with Gasteiger partial charge in [-0.15, -0.1) is 11.6 Å². The topological polar surface area (TPSA) is 37.4 Å². The van der Waals surface area contributed by atoms with Crippen LogP contribution in [0.4, 0.5) is 5.69 Å². The minimum atomic E-state index is -3.60. The van der Waals surface area contributed by atoms with Crippen LogP contribution in [0.2, 0.25) is 0 Å². The van der Waals surface area contributed by atoms with Crippen molar-refractivity contribution < 1.29 is 8.42 Å². The van der Waals surface area contributed by atoms with E-state index in [1.165, 1.54) is 4.31 Å². The monoisotopic (exact) mass is 323 g/mol. The van der Waals surface area contributed by atoms with Crippen molar-refractivity contribution in [1.29, 1.82) is 0 Å². The quantitative estimate of drug-likeness (QED) is 0.801. The van der Waals surface area contributed by atoms with Gasteiger partial charge in [-0.05, 0) is 42.7 Å². The normalized spacial score (nSPS) is 11.4. The summed E-state index contributed by atoms with van der Waals surface area (Å²) in [7, 11) is -2.03. The number of aryl methyl sites for hydroxylation is 1. The Kier molecular flexibility index (Phi) is 4.59. The largest absolute Gasteiger partial charge is 0.269 e. The van der Waals surface area contributed by atoms with E-state index in [1.807, 2.05) is 31.2 Å². The number of para-hydroxylation sites is 1. The molecule has 0 saturated carbocycles. The van der Waals surface area contributed by atoms with Gasteiger partial charge in [-0.1, -0.05) is 30.3 Å². The van der Waals surface area contributed by atoms with Gasteiger partial charge >= 0.3 is 0 Å². The molecule has 3 nitrogen and oxygen atoms in total. The lowest BCUT2D eigenvalue weighted by molar-refractivity contribution is 0.593. The minimum Gasteiger partial charge on any atom is -0.269 e. The zero-order valence-electron chi connectivity index (χ0n) is 12.3. The standard InChI is InChI=1S/C16H18ClNO2S/c1-12-7-4-5-9-15(12)18(3)21(19,20)16-10-6-8-14(11-17)13(16)2/h4-10H,11H2,1-3H3. The molecule has 2 rings (SSSR count). The van der Waals surface area contributed by atoms with Crippen LogP contribution in [0.3, 0.4) is 0 Å². The van der Waals surface area contributed by atoms with Crippen molar-refractivity contribution in [2.24, 2.45) is 0 Å². The van der Waals surface area contributed by atoms with Gasteiger partial charge in [-0.2, -0.15) is 0 Å². The van der Waals surface area contributed by atoms with E-state index < -0.39 is 10.0 Å². The SMILES string of the molecule is Cc1ccccc1N(C)S(=O)(=O)c1cccc(CCl)c1C. The average molecular weight is 324 g/mol. The Hall–Kier alpha value is -1.52. The summed E-state index contributed by atoms with van der Waals surface area (Å²) in [5.74, 6) is 0.295. The highest BCUT2D eigenvalue weighted by atomic mass is 35.5. The molecule has 0 fully saturated rings. The summed E-state index contributed by atoms with van der Waals surface area (Å²) >= 11 is 5.87. The second kappa shape index (κ2) is 6.08. The first-order valence-corrected chi connectivity index (χ1v) is 8.56. The third-order valence-electron chi connectivity index (χ3n) is 3.63. The Morgan fingerprint density at radius 1 is 1.05 bits per heavy atom. The number of anilines is 1. The highest BCUT2D eigenvalue weighted by Gasteiger charge is 2.24. The summed E-state index contributed by atoms with van der Waals surface area (Å²) in [5, 5.41) is 0. The molecule has 0 aliphatic carbocycles. The predicted octanol–water partition coefficient (Wildman–Crippen LogP) is 3.87. The maximum atomic E-state index is 12.9. The molecular formula is C16H18ClNO2S. The summed E-state index contributed by atoms with van der Waals surface area (Å²) in [6.45, 7) is 3.68. The molecule has 2 aromatic carbocycles. The molecule has 0 aliphatic rings. The molecule has 2 aromatic rings. The number of sulfonamides is 1. The zero-order valence-corrected chi connectivity index (χ0v) is 13.9. The van der Waals surface area contributed by atoms with Crippen LogP contribution in [0.25, 0.3) is 0 Å². The van der Waals surface area contributed by atoms with E-state index in [9.17, 15) is 8.42 Å². The Balaban J connectivity index is 2.55. The molecule has 0 atom stereocenters. The fourth-order valence-corrected chi connectivity index (χ4v) is 4.09. The van der Waals surface area contributed by atoms with Gasteiger partial charge in [0.15, 0.2) is 0 Å². The van der Waals surface area contributed by atoms with Gasteiger partial charge in [0.05, 0.1) is 10.6 Å². The van der Waals surface area contributed by atoms with Crippen LogP contribution in [0.15, 0.2) is 47.4 Å². The van der Waals surface area contributed by atoms with E-state index in [0.717, 1.165) is 11.1 Å². The van der Waals surface area contributed by atoms with E-state index in [1.54, 1.807) is 32.2 Å². The van der Waals surface area contributed by atoms with Crippen molar-refractivity contribution in [1.82, 2.24) is 0 Å². The van der Waals surface area contributed by atoms with Gasteiger partial charge in [0, 0.05) is 12.9 Å². The summed E-state index contributed by atoms with van der Waals surface area (Å²) in [6.07, 6.45) is 0. The molecule has 0 saturated heterocycles. The lowest BCUT2D eigenvalue weighted by Gasteiger charge is -2.23. The molecule has 21 heavy (non-hydrogen) atoms. The van der Waals surface area contributed by atoms with Crippen LogP contribution < -0.4 is 4.31 Å². The van der Waals surface area contributed by atoms with E-state index in [4.69, 9.17) is 11.6 Å². The van der Waals surface area contributed by atoms with Crippen LogP contribution in [0.1, 0.15) is 16.7 Å². The Labute approximate surface area is 131 Å². The van der Waals surface area contributed by atoms with E-state index >= 15 is 0 Å². The maximum Gasteiger partial charge on any atom is 0.264 e. The lowest BCUT2D eigenvalue weighted by atomic mass is 10.1. The minimum absolute atomic E-state index is 0.295. The van der Waals surface area contributed by atoms with Gasteiger partial charge in [0.1, 0.15) is 0 Å². The predicted molar refractivity (Wildman–Crippen MR) is 87.5 cm³/mol. The molecule has 0 spiro atoms. The third kappa shape index (κ3) is 2.92. The number of rotatable bonds is 4. The van der Waals surface area contributed by atoms with Gasteiger partial charge < -0.3 is 0 Å². The first-order chi connectivity index (χ1) is 9.89. The number of alkyl halides is 1. The molecule has 112 valence electrons. The smallest absolute Gasteiger partial charge is 0.264 e. The van der Waals surface area contributed by atoms with E-state index in [0.29, 0.717) is 22.0 Å². The fraction of sp³-hybridized carbons (Fsp3) is 0.250. The fourth-order valence-electron chi connectivity index (χ4n) is 2.28. The summed E-state index contributed by atoms with van der Waals surface area (Å²) in [6, 6.07) is 12.6. The van der Waals surface area contributed by atoms with Gasteiger partial charge in [0.2, 0.25) is 0 Å². The van der Waals surface area contributed by atoms with Crippen LogP contribution in [0.5, 0.6) is 0 Å². The number of hydrogen-bond donors (Lipinski definition) is 0. The zero-order chi connectivity index (χ0) is 15.6. The van der Waals surface area contributed by atoms with Crippen molar-refractivity contribution in [2.75, 3.05) is 11.4 Å². The Morgan fingerprint density at radius 2 is 1.71 bits per heavy atom. The molecule has 0 unspecified atom stereocenters. The second-order valence-corrected chi connectivity index (χ2v) is 7.14. The Bertz CT molecular complexity index is 757. The summed E-state index contributed by atoms with van der Waals surface area (Å²) < 4.78 is 27.0. The second-order valence-electron chi connectivity index (χ2n) is 4.93. The third-order valence-corrected chi connectivity index (χ3v) is 5.84. The first-order valence-electron chi connectivity index (χ1n) is 6.58. The first kappa shape index (κ1) is 15.9. The van der Waals surface area contributed by atoms with Crippen LogP contribution >= 0.6 is 11.6 Å². The number of benzene rings is 2. The molecule has 5 heteroatoms. The van der Waals surface area contributed by atoms with Crippen molar-refractivity contribution in [3.8, 4) is 0 Å². The van der Waals surface area contributed by atoms with Crippen LogP contribution in [0, 0.1) is 13.8 Å². The van der Waals surface area contributed by atoms with Crippen LogP contribution in [-0.2, 0) is 15.9 Å². The highest BCUT2D eigenvalue weighted by molar-refractivity contribution is 7.92. The summed E-state index contributed by atoms with van der Waals surface area (Å²) in [4.78, 5) is 0.298.